The van der Waals surface area contributed by atoms with Crippen molar-refractivity contribution in [3.05, 3.63) is 55.0 Å². The molecule has 0 aromatic carbocycles. The summed E-state index contributed by atoms with van der Waals surface area (Å²) in [6, 6.07) is 0. The molecule has 4 rings (SSSR count). The van der Waals surface area contributed by atoms with Crippen molar-refractivity contribution in [2.75, 3.05) is 0 Å². The van der Waals surface area contributed by atoms with Crippen molar-refractivity contribution in [2.45, 2.75) is 32.1 Å². The molecule has 0 radical (unpaired) electrons. The van der Waals surface area contributed by atoms with Gasteiger partial charge in [-0.3, -0.25) is 6.08 Å². The smallest absolute Gasteiger partial charge is 0.318 e. The molecule has 0 N–H and O–H groups in total. The Kier molecular flexibility index (Phi) is 6.08. The second-order valence-corrected chi connectivity index (χ2v) is 5.73. The summed E-state index contributed by atoms with van der Waals surface area (Å²) in [5.74, 6) is 3.56. The van der Waals surface area contributed by atoms with Gasteiger partial charge >= 0.3 is 26.2 Å². The molecule has 0 aromatic heterocycles. The first-order valence-electron chi connectivity index (χ1n) is 7.37. The van der Waals surface area contributed by atoms with Crippen LogP contribution in [0.5, 0.6) is 0 Å². The molecule has 4 atom stereocenters. The van der Waals surface area contributed by atoms with E-state index in [1.54, 1.807) is 0 Å². The molecule has 2 fully saturated rings. The number of hydrogen-bond donors (Lipinski definition) is 0. The van der Waals surface area contributed by atoms with Crippen LogP contribution in [0, 0.1) is 36.2 Å². The molecule has 0 heterocycles. The van der Waals surface area contributed by atoms with Gasteiger partial charge in [-0.15, -0.1) is 18.4 Å². The zero-order valence-electron chi connectivity index (χ0n) is 11.5. The summed E-state index contributed by atoms with van der Waals surface area (Å²) in [6.07, 6.45) is 27.8. The Morgan fingerprint density at radius 3 is 2.58 bits per heavy atom. The summed E-state index contributed by atoms with van der Waals surface area (Å²) in [5, 5.41) is 0. The summed E-state index contributed by atoms with van der Waals surface area (Å²) in [4.78, 5) is 0. The third-order valence-electron chi connectivity index (χ3n) is 4.65. The summed E-state index contributed by atoms with van der Waals surface area (Å²) in [5.41, 5.74) is 0. The van der Waals surface area contributed by atoms with Gasteiger partial charge in [0, 0.05) is 0 Å². The molecule has 0 nitrogen and oxygen atoms in total. The molecular formula is C18H22Zr. The van der Waals surface area contributed by atoms with Gasteiger partial charge in [-0.2, -0.15) is 12.0 Å². The second-order valence-electron chi connectivity index (χ2n) is 5.73. The minimum absolute atomic E-state index is 0. The molecule has 0 aromatic rings. The van der Waals surface area contributed by atoms with Crippen molar-refractivity contribution >= 4 is 0 Å². The number of allylic oxidation sites excluding steroid dienone is 8. The summed E-state index contributed by atoms with van der Waals surface area (Å²) >= 11 is 0. The van der Waals surface area contributed by atoms with Crippen LogP contribution in [-0.4, -0.2) is 0 Å². The van der Waals surface area contributed by atoms with Gasteiger partial charge < -0.3 is 6.42 Å². The van der Waals surface area contributed by atoms with Crippen LogP contribution in [0.25, 0.3) is 0 Å². The topological polar surface area (TPSA) is 0 Å². The molecule has 19 heavy (non-hydrogen) atoms. The fourth-order valence-electron chi connectivity index (χ4n) is 3.79. The van der Waals surface area contributed by atoms with Gasteiger partial charge in [0.05, 0.1) is 0 Å². The fraction of sp³-hybridized carbons (Fsp3) is 0.500. The van der Waals surface area contributed by atoms with Crippen LogP contribution in [-0.2, 0) is 26.2 Å². The van der Waals surface area contributed by atoms with Crippen molar-refractivity contribution in [3.8, 4) is 0 Å². The molecule has 4 aliphatic rings. The van der Waals surface area contributed by atoms with Crippen LogP contribution in [0.3, 0.4) is 0 Å². The summed E-state index contributed by atoms with van der Waals surface area (Å²) in [7, 11) is 0. The Hall–Kier alpha value is -0.157. The van der Waals surface area contributed by atoms with Crippen molar-refractivity contribution in [1.82, 2.24) is 0 Å². The van der Waals surface area contributed by atoms with Crippen molar-refractivity contribution < 1.29 is 26.2 Å². The first-order chi connectivity index (χ1) is 8.95. The quantitative estimate of drug-likeness (QED) is 0.566. The van der Waals surface area contributed by atoms with Gasteiger partial charge in [0.1, 0.15) is 0 Å². The van der Waals surface area contributed by atoms with Gasteiger partial charge in [0.2, 0.25) is 0 Å². The van der Waals surface area contributed by atoms with Gasteiger partial charge in [-0.05, 0) is 5.92 Å². The summed E-state index contributed by atoms with van der Waals surface area (Å²) in [6.45, 7) is 0. The Bertz CT molecular complexity index is 378. The normalized spacial score (nSPS) is 37.1. The molecule has 0 spiro atoms. The van der Waals surface area contributed by atoms with Gasteiger partial charge in [-0.25, -0.2) is 12.2 Å². The van der Waals surface area contributed by atoms with Crippen LogP contribution in [0.2, 0.25) is 0 Å². The Morgan fingerprint density at radius 1 is 1.00 bits per heavy atom. The Morgan fingerprint density at radius 2 is 1.84 bits per heavy atom. The fourth-order valence-corrected chi connectivity index (χ4v) is 3.79. The third kappa shape index (κ3) is 3.69. The standard InChI is InChI=1S/C13H17.C5H5.Zr/c1-3-7-12-10(5-1)9-11-6-2-4-8-13(11)12;1-2-4-5-3-1;/h1,3,5,7,9-13H,2,4,6,8H2;1-3H,4H2;/q2*-1;+2. The van der Waals surface area contributed by atoms with E-state index in [0.717, 1.165) is 30.1 Å². The van der Waals surface area contributed by atoms with E-state index in [1.807, 2.05) is 12.2 Å². The zero-order valence-corrected chi connectivity index (χ0v) is 13.9. The first kappa shape index (κ1) is 15.2. The van der Waals surface area contributed by atoms with Crippen molar-refractivity contribution in [1.29, 1.82) is 0 Å². The molecule has 0 amide bonds. The molecule has 98 valence electrons. The SMILES string of the molecule is C1=CC2[CH-]C3CCCCC3C2C=C1.[C-]1=CC=CC1.[Zr+2]. The van der Waals surface area contributed by atoms with Gasteiger partial charge in [0.15, 0.2) is 0 Å². The van der Waals surface area contributed by atoms with E-state index < -0.39 is 0 Å². The first-order valence-corrected chi connectivity index (χ1v) is 7.37. The Balaban J connectivity index is 0.000000190. The molecule has 4 unspecified atom stereocenters. The number of fused-ring (bicyclic) bond motifs is 3. The molecule has 0 aliphatic heterocycles. The molecule has 4 aliphatic carbocycles. The summed E-state index contributed by atoms with van der Waals surface area (Å²) < 4.78 is 0. The largest absolute Gasteiger partial charge is 2.00 e. The van der Waals surface area contributed by atoms with Gasteiger partial charge in [-0.1, -0.05) is 49.8 Å². The van der Waals surface area contributed by atoms with E-state index in [0.29, 0.717) is 0 Å². The predicted octanol–water partition coefficient (Wildman–Crippen LogP) is 4.67. The molecular weight excluding hydrogens is 307 g/mol. The monoisotopic (exact) mass is 328 g/mol. The average Bonchev–Trinajstić information content (AvgIpc) is 3.10. The van der Waals surface area contributed by atoms with Crippen LogP contribution in [0.1, 0.15) is 32.1 Å². The van der Waals surface area contributed by atoms with E-state index in [-0.39, 0.29) is 26.2 Å². The maximum Gasteiger partial charge on any atom is 2.00 e. The maximum absolute atomic E-state index is 2.99. The third-order valence-corrected chi connectivity index (χ3v) is 4.65. The van der Waals surface area contributed by atoms with Crippen LogP contribution >= 0.6 is 0 Å². The van der Waals surface area contributed by atoms with E-state index in [2.05, 4.69) is 42.9 Å². The molecule has 0 saturated heterocycles. The number of hydrogen-bond acceptors (Lipinski definition) is 0. The van der Waals surface area contributed by atoms with Crippen LogP contribution in [0.4, 0.5) is 0 Å². The number of rotatable bonds is 0. The minimum Gasteiger partial charge on any atom is -0.318 e. The predicted molar refractivity (Wildman–Crippen MR) is 76.6 cm³/mol. The van der Waals surface area contributed by atoms with E-state index in [4.69, 9.17) is 0 Å². The van der Waals surface area contributed by atoms with E-state index >= 15 is 0 Å². The van der Waals surface area contributed by atoms with Crippen LogP contribution in [0.15, 0.2) is 42.5 Å². The molecule has 1 heteroatoms. The minimum atomic E-state index is 0. The second kappa shape index (κ2) is 7.58. The Labute approximate surface area is 136 Å². The van der Waals surface area contributed by atoms with E-state index in [9.17, 15) is 0 Å². The molecule has 2 saturated carbocycles. The van der Waals surface area contributed by atoms with Crippen molar-refractivity contribution in [3.63, 3.8) is 0 Å². The average molecular weight is 330 g/mol. The van der Waals surface area contributed by atoms with Crippen molar-refractivity contribution in [2.24, 2.45) is 23.7 Å². The zero-order chi connectivity index (χ0) is 12.2. The van der Waals surface area contributed by atoms with Gasteiger partial charge in [0.25, 0.3) is 0 Å². The maximum atomic E-state index is 2.99. The van der Waals surface area contributed by atoms with E-state index in [1.165, 1.54) is 25.7 Å². The molecule has 0 bridgehead atoms. The van der Waals surface area contributed by atoms with Crippen LogP contribution < -0.4 is 0 Å².